The van der Waals surface area contributed by atoms with Crippen molar-refractivity contribution in [3.63, 3.8) is 0 Å². The van der Waals surface area contributed by atoms with Gasteiger partial charge in [-0.25, -0.2) is 9.78 Å². The van der Waals surface area contributed by atoms with Crippen molar-refractivity contribution >= 4 is 29.2 Å². The predicted molar refractivity (Wildman–Crippen MR) is 58.5 cm³/mol. The number of aromatic nitrogens is 2. The van der Waals surface area contributed by atoms with E-state index in [-0.39, 0.29) is 5.69 Å². The summed E-state index contributed by atoms with van der Waals surface area (Å²) in [5.74, 6) is -0.0975. The molecule has 1 rings (SSSR count). The zero-order chi connectivity index (χ0) is 11.3. The Morgan fingerprint density at radius 1 is 1.73 bits per heavy atom. The number of nitrogens with zero attached hydrogens (tertiary/aromatic N) is 3. The van der Waals surface area contributed by atoms with E-state index in [1.54, 1.807) is 11.5 Å². The Balaban J connectivity index is 3.12. The summed E-state index contributed by atoms with van der Waals surface area (Å²) < 4.78 is 6.54. The molecular formula is C9H11N3O2S. The van der Waals surface area contributed by atoms with Crippen molar-refractivity contribution < 1.29 is 9.53 Å². The van der Waals surface area contributed by atoms with Crippen molar-refractivity contribution in [1.82, 2.24) is 9.55 Å². The Labute approximate surface area is 92.8 Å². The van der Waals surface area contributed by atoms with Gasteiger partial charge in [-0.1, -0.05) is 0 Å². The van der Waals surface area contributed by atoms with Gasteiger partial charge in [-0.15, -0.1) is 0 Å². The third kappa shape index (κ3) is 2.49. The number of thiocarbonyl (C=S) groups is 1. The van der Waals surface area contributed by atoms with E-state index in [0.29, 0.717) is 19.0 Å². The maximum Gasteiger partial charge on any atom is 0.360 e. The van der Waals surface area contributed by atoms with Crippen LogP contribution in [0.1, 0.15) is 24.3 Å². The van der Waals surface area contributed by atoms with Gasteiger partial charge in [0.15, 0.2) is 11.5 Å². The molecule has 1 aromatic heterocycles. The van der Waals surface area contributed by atoms with Crippen molar-refractivity contribution in [3.05, 3.63) is 12.0 Å². The third-order valence-electron chi connectivity index (χ3n) is 1.77. The Morgan fingerprint density at radius 2 is 2.47 bits per heavy atom. The third-order valence-corrected chi connectivity index (χ3v) is 1.86. The molecule has 0 saturated heterocycles. The average molecular weight is 225 g/mol. The number of aliphatic imine (C=N–C) groups is 1. The van der Waals surface area contributed by atoms with Crippen LogP contribution in [0, 0.1) is 0 Å². The number of isothiocyanates is 1. The fourth-order valence-electron chi connectivity index (χ4n) is 1.11. The number of esters is 1. The SMILES string of the molecule is CCOC(=O)c1ncn(CC)c1N=C=S. The van der Waals surface area contributed by atoms with E-state index in [4.69, 9.17) is 4.74 Å². The van der Waals surface area contributed by atoms with Crippen LogP contribution in [0.15, 0.2) is 11.3 Å². The topological polar surface area (TPSA) is 56.5 Å². The van der Waals surface area contributed by atoms with E-state index in [9.17, 15) is 4.79 Å². The molecule has 15 heavy (non-hydrogen) atoms. The highest BCUT2D eigenvalue weighted by Crippen LogP contribution is 2.18. The van der Waals surface area contributed by atoms with Crippen molar-refractivity contribution in [1.29, 1.82) is 0 Å². The van der Waals surface area contributed by atoms with Crippen LogP contribution in [0.25, 0.3) is 0 Å². The first-order valence-electron chi connectivity index (χ1n) is 4.54. The zero-order valence-electron chi connectivity index (χ0n) is 8.56. The summed E-state index contributed by atoms with van der Waals surface area (Å²) >= 11 is 4.51. The maximum absolute atomic E-state index is 11.4. The van der Waals surface area contributed by atoms with Crippen LogP contribution in [0.4, 0.5) is 5.82 Å². The number of imidazole rings is 1. The van der Waals surface area contributed by atoms with Gasteiger partial charge in [0.1, 0.15) is 0 Å². The predicted octanol–water partition coefficient (Wildman–Crippen LogP) is 1.81. The number of rotatable bonds is 4. The van der Waals surface area contributed by atoms with Gasteiger partial charge in [0.05, 0.1) is 18.1 Å². The molecule has 5 nitrogen and oxygen atoms in total. The normalized spacial score (nSPS) is 9.47. The first kappa shape index (κ1) is 11.6. The van der Waals surface area contributed by atoms with Crippen molar-refractivity contribution in [2.45, 2.75) is 20.4 Å². The summed E-state index contributed by atoms with van der Waals surface area (Å²) in [6.07, 6.45) is 1.53. The lowest BCUT2D eigenvalue weighted by atomic mass is 10.4. The molecule has 1 aromatic rings. The van der Waals surface area contributed by atoms with Crippen molar-refractivity contribution in [2.75, 3.05) is 6.61 Å². The summed E-state index contributed by atoms with van der Waals surface area (Å²) in [7, 11) is 0. The van der Waals surface area contributed by atoms with Crippen molar-refractivity contribution in [2.24, 2.45) is 4.99 Å². The molecule has 0 amide bonds. The number of ether oxygens (including phenoxy) is 1. The molecule has 80 valence electrons. The molecule has 0 bridgehead atoms. The lowest BCUT2D eigenvalue weighted by Crippen LogP contribution is -2.05. The molecule has 6 heteroatoms. The van der Waals surface area contributed by atoms with E-state index in [1.165, 1.54) is 6.33 Å². The van der Waals surface area contributed by atoms with E-state index < -0.39 is 5.97 Å². The number of hydrogen-bond acceptors (Lipinski definition) is 5. The van der Waals surface area contributed by atoms with E-state index in [0.717, 1.165) is 0 Å². The molecular weight excluding hydrogens is 214 g/mol. The highest BCUT2D eigenvalue weighted by atomic mass is 32.1. The minimum Gasteiger partial charge on any atom is -0.461 e. The van der Waals surface area contributed by atoms with Gasteiger partial charge in [0, 0.05) is 6.54 Å². The van der Waals surface area contributed by atoms with Gasteiger partial charge in [-0.05, 0) is 26.1 Å². The largest absolute Gasteiger partial charge is 0.461 e. The lowest BCUT2D eigenvalue weighted by Gasteiger charge is -2.01. The Kier molecular flexibility index (Phi) is 4.15. The molecule has 0 radical (unpaired) electrons. The van der Waals surface area contributed by atoms with E-state index in [2.05, 4.69) is 27.4 Å². The molecule has 0 saturated carbocycles. The maximum atomic E-state index is 11.4. The number of hydrogen-bond donors (Lipinski definition) is 0. The summed E-state index contributed by atoms with van der Waals surface area (Å²) in [4.78, 5) is 19.2. The first-order valence-corrected chi connectivity index (χ1v) is 4.95. The molecule has 0 aliphatic rings. The molecule has 0 aliphatic carbocycles. The number of carbonyl (C=O) groups excluding carboxylic acids is 1. The fraction of sp³-hybridized carbons (Fsp3) is 0.444. The van der Waals surface area contributed by atoms with Gasteiger partial charge >= 0.3 is 5.97 Å². The molecule has 1 heterocycles. The second-order valence-corrected chi connectivity index (χ2v) is 2.81. The highest BCUT2D eigenvalue weighted by Gasteiger charge is 2.17. The molecule has 0 aliphatic heterocycles. The Bertz CT molecular complexity index is 407. The van der Waals surface area contributed by atoms with E-state index in [1.807, 2.05) is 6.92 Å². The van der Waals surface area contributed by atoms with Crippen LogP contribution >= 0.6 is 12.2 Å². The molecule has 0 spiro atoms. The minimum atomic E-state index is -0.492. The summed E-state index contributed by atoms with van der Waals surface area (Å²) in [5, 5.41) is 2.22. The second-order valence-electron chi connectivity index (χ2n) is 2.63. The van der Waals surface area contributed by atoms with Crippen LogP contribution in [-0.2, 0) is 11.3 Å². The first-order chi connectivity index (χ1) is 7.24. The van der Waals surface area contributed by atoms with Crippen LogP contribution in [0.3, 0.4) is 0 Å². The summed E-state index contributed by atoms with van der Waals surface area (Å²) in [6, 6.07) is 0. The zero-order valence-corrected chi connectivity index (χ0v) is 9.37. The van der Waals surface area contributed by atoms with Crippen LogP contribution < -0.4 is 0 Å². The number of aryl methyl sites for hydroxylation is 1. The van der Waals surface area contributed by atoms with Crippen LogP contribution in [-0.4, -0.2) is 27.3 Å². The summed E-state index contributed by atoms with van der Waals surface area (Å²) in [6.45, 7) is 4.61. The van der Waals surface area contributed by atoms with Gasteiger partial charge in [-0.2, -0.15) is 4.99 Å². The Morgan fingerprint density at radius 3 is 3.00 bits per heavy atom. The van der Waals surface area contributed by atoms with Gasteiger partial charge in [-0.3, -0.25) is 0 Å². The van der Waals surface area contributed by atoms with Crippen LogP contribution in [0.2, 0.25) is 0 Å². The lowest BCUT2D eigenvalue weighted by molar-refractivity contribution is 0.0521. The smallest absolute Gasteiger partial charge is 0.360 e. The minimum absolute atomic E-state index is 0.177. The highest BCUT2D eigenvalue weighted by molar-refractivity contribution is 7.78. The second kappa shape index (κ2) is 5.38. The van der Waals surface area contributed by atoms with Crippen molar-refractivity contribution in [3.8, 4) is 0 Å². The van der Waals surface area contributed by atoms with E-state index >= 15 is 0 Å². The fourth-order valence-corrected chi connectivity index (χ4v) is 1.20. The quantitative estimate of drug-likeness (QED) is 0.445. The summed E-state index contributed by atoms with van der Waals surface area (Å²) in [5.41, 5.74) is 0.177. The molecule has 0 fully saturated rings. The van der Waals surface area contributed by atoms with Gasteiger partial charge in [0.25, 0.3) is 0 Å². The van der Waals surface area contributed by atoms with Gasteiger partial charge < -0.3 is 9.30 Å². The van der Waals surface area contributed by atoms with Gasteiger partial charge in [0.2, 0.25) is 0 Å². The molecule has 0 unspecified atom stereocenters. The molecule has 0 aromatic carbocycles. The standard InChI is InChI=1S/C9H11N3O2S/c1-3-12-5-10-7(8(12)11-6-15)9(13)14-4-2/h5H,3-4H2,1-2H3. The van der Waals surface area contributed by atoms with Crippen LogP contribution in [0.5, 0.6) is 0 Å². The Hall–Kier alpha value is -1.52. The average Bonchev–Trinajstić information content (AvgIpc) is 2.62. The monoisotopic (exact) mass is 225 g/mol. The molecule has 0 N–H and O–H groups in total. The molecule has 0 atom stereocenters. The number of carbonyl (C=O) groups is 1.